The number of carbonyl (C=O) groups is 1. The van der Waals surface area contributed by atoms with E-state index in [-0.39, 0.29) is 5.91 Å². The molecule has 0 bridgehead atoms. The highest BCUT2D eigenvalue weighted by atomic mass is 32.1. The third-order valence-electron chi connectivity index (χ3n) is 2.91. The SMILES string of the molecule is Cc1cnn(CCC(=O)NNC(=S)Nc2cn(C)nc2C)c1. The Morgan fingerprint density at radius 3 is 2.68 bits per heavy atom. The number of anilines is 1. The molecule has 0 atom stereocenters. The average Bonchev–Trinajstić information content (AvgIpc) is 3.00. The molecule has 2 rings (SSSR count). The van der Waals surface area contributed by atoms with E-state index in [1.54, 1.807) is 15.6 Å². The van der Waals surface area contributed by atoms with Crippen molar-refractivity contribution in [3.63, 3.8) is 0 Å². The van der Waals surface area contributed by atoms with Crippen LogP contribution in [-0.2, 0) is 18.4 Å². The molecule has 0 aliphatic heterocycles. The zero-order valence-corrected chi connectivity index (χ0v) is 13.6. The van der Waals surface area contributed by atoms with Crippen LogP contribution in [0.5, 0.6) is 0 Å². The summed E-state index contributed by atoms with van der Waals surface area (Å²) in [6.07, 6.45) is 5.76. The molecule has 0 aliphatic rings. The number of nitrogens with one attached hydrogen (secondary N) is 3. The van der Waals surface area contributed by atoms with Gasteiger partial charge in [0.15, 0.2) is 5.11 Å². The highest BCUT2D eigenvalue weighted by molar-refractivity contribution is 7.80. The highest BCUT2D eigenvalue weighted by Crippen LogP contribution is 2.10. The molecule has 3 N–H and O–H groups in total. The van der Waals surface area contributed by atoms with Gasteiger partial charge in [0.2, 0.25) is 5.91 Å². The van der Waals surface area contributed by atoms with Crippen molar-refractivity contribution in [2.24, 2.45) is 7.05 Å². The van der Waals surface area contributed by atoms with E-state index in [0.29, 0.717) is 18.1 Å². The first-order chi connectivity index (χ1) is 10.4. The molecule has 0 radical (unpaired) electrons. The first-order valence-electron chi connectivity index (χ1n) is 6.79. The number of carbonyl (C=O) groups excluding carboxylic acids is 1. The van der Waals surface area contributed by atoms with Gasteiger partial charge in [-0.05, 0) is 31.6 Å². The van der Waals surface area contributed by atoms with E-state index in [0.717, 1.165) is 16.9 Å². The van der Waals surface area contributed by atoms with Crippen molar-refractivity contribution in [1.29, 1.82) is 0 Å². The van der Waals surface area contributed by atoms with Crippen molar-refractivity contribution in [3.8, 4) is 0 Å². The molecular formula is C13H19N7OS. The van der Waals surface area contributed by atoms with Gasteiger partial charge >= 0.3 is 0 Å². The lowest BCUT2D eigenvalue weighted by Gasteiger charge is -2.10. The second kappa shape index (κ2) is 7.03. The Morgan fingerprint density at radius 2 is 2.09 bits per heavy atom. The third-order valence-corrected chi connectivity index (χ3v) is 3.11. The van der Waals surface area contributed by atoms with E-state index in [2.05, 4.69) is 26.4 Å². The number of amides is 1. The number of aryl methyl sites for hydroxylation is 4. The van der Waals surface area contributed by atoms with Crippen LogP contribution in [-0.4, -0.2) is 30.6 Å². The van der Waals surface area contributed by atoms with Crippen LogP contribution in [0.15, 0.2) is 18.6 Å². The van der Waals surface area contributed by atoms with Gasteiger partial charge in [0.1, 0.15) is 0 Å². The predicted octanol–water partition coefficient (Wildman–Crippen LogP) is 0.641. The summed E-state index contributed by atoms with van der Waals surface area (Å²) in [7, 11) is 1.83. The van der Waals surface area contributed by atoms with Gasteiger partial charge < -0.3 is 5.32 Å². The normalized spacial score (nSPS) is 10.3. The van der Waals surface area contributed by atoms with Gasteiger partial charge in [-0.1, -0.05) is 0 Å². The molecule has 0 saturated carbocycles. The molecule has 1 amide bonds. The first kappa shape index (κ1) is 16.0. The standard InChI is InChI=1S/C13H19N7OS/c1-9-6-14-20(7-9)5-4-12(21)16-17-13(22)15-11-8-19(3)18-10(11)2/h6-8H,4-5H2,1-3H3,(H,16,21)(H2,15,17,22). The largest absolute Gasteiger partial charge is 0.329 e. The molecule has 0 spiro atoms. The number of rotatable bonds is 4. The summed E-state index contributed by atoms with van der Waals surface area (Å²) in [5.41, 5.74) is 7.89. The van der Waals surface area contributed by atoms with Crippen molar-refractivity contribution in [3.05, 3.63) is 29.8 Å². The summed E-state index contributed by atoms with van der Waals surface area (Å²) < 4.78 is 3.41. The van der Waals surface area contributed by atoms with E-state index < -0.39 is 0 Å². The molecular weight excluding hydrogens is 302 g/mol. The maximum absolute atomic E-state index is 11.7. The van der Waals surface area contributed by atoms with Crippen LogP contribution in [0, 0.1) is 13.8 Å². The molecule has 0 unspecified atom stereocenters. The number of hydrazine groups is 1. The molecule has 9 heteroatoms. The Morgan fingerprint density at radius 1 is 1.32 bits per heavy atom. The Hall–Kier alpha value is -2.42. The number of nitrogens with zero attached hydrogens (tertiary/aromatic N) is 4. The van der Waals surface area contributed by atoms with Crippen molar-refractivity contribution in [2.45, 2.75) is 26.8 Å². The number of thiocarbonyl (C=S) groups is 1. The lowest BCUT2D eigenvalue weighted by molar-refractivity contribution is -0.121. The van der Waals surface area contributed by atoms with Crippen LogP contribution < -0.4 is 16.2 Å². The van der Waals surface area contributed by atoms with E-state index >= 15 is 0 Å². The second-order valence-corrected chi connectivity index (χ2v) is 5.37. The topological polar surface area (TPSA) is 88.8 Å². The molecule has 0 aliphatic carbocycles. The summed E-state index contributed by atoms with van der Waals surface area (Å²) >= 11 is 5.11. The predicted molar refractivity (Wildman–Crippen MR) is 87.0 cm³/mol. The van der Waals surface area contributed by atoms with Gasteiger partial charge in [-0.2, -0.15) is 10.2 Å². The Balaban J connectivity index is 1.71. The molecule has 118 valence electrons. The zero-order chi connectivity index (χ0) is 16.1. The van der Waals surface area contributed by atoms with Crippen molar-refractivity contribution < 1.29 is 4.79 Å². The molecule has 2 aromatic rings. The molecule has 22 heavy (non-hydrogen) atoms. The second-order valence-electron chi connectivity index (χ2n) is 4.96. The fourth-order valence-electron chi connectivity index (χ4n) is 1.87. The minimum Gasteiger partial charge on any atom is -0.329 e. The quantitative estimate of drug-likeness (QED) is 0.566. The smallest absolute Gasteiger partial charge is 0.240 e. The monoisotopic (exact) mass is 321 g/mol. The molecule has 0 fully saturated rings. The Bertz CT molecular complexity index is 676. The van der Waals surface area contributed by atoms with Crippen LogP contribution in [0.4, 0.5) is 5.69 Å². The highest BCUT2D eigenvalue weighted by Gasteiger charge is 2.06. The van der Waals surface area contributed by atoms with Crippen molar-refractivity contribution >= 4 is 28.9 Å². The van der Waals surface area contributed by atoms with Gasteiger partial charge in [0.25, 0.3) is 0 Å². The van der Waals surface area contributed by atoms with Gasteiger partial charge in [-0.15, -0.1) is 0 Å². The van der Waals surface area contributed by atoms with E-state index in [4.69, 9.17) is 12.2 Å². The summed E-state index contributed by atoms with van der Waals surface area (Å²) in [4.78, 5) is 11.7. The van der Waals surface area contributed by atoms with Gasteiger partial charge in [-0.25, -0.2) is 0 Å². The van der Waals surface area contributed by atoms with Crippen LogP contribution in [0.2, 0.25) is 0 Å². The van der Waals surface area contributed by atoms with E-state index in [9.17, 15) is 4.79 Å². The summed E-state index contributed by atoms with van der Waals surface area (Å²) in [6, 6.07) is 0. The van der Waals surface area contributed by atoms with Crippen molar-refractivity contribution in [2.75, 3.05) is 5.32 Å². The third kappa shape index (κ3) is 4.55. The van der Waals surface area contributed by atoms with Gasteiger partial charge in [-0.3, -0.25) is 25.0 Å². The number of hydrogen-bond acceptors (Lipinski definition) is 4. The Kier molecular flexibility index (Phi) is 5.10. The average molecular weight is 321 g/mol. The Labute approximate surface area is 133 Å². The minimum atomic E-state index is -0.166. The lowest BCUT2D eigenvalue weighted by Crippen LogP contribution is -2.44. The van der Waals surface area contributed by atoms with Crippen LogP contribution in [0.3, 0.4) is 0 Å². The summed E-state index contributed by atoms with van der Waals surface area (Å²) in [5, 5.41) is 11.6. The summed E-state index contributed by atoms with van der Waals surface area (Å²) in [6.45, 7) is 4.34. The fraction of sp³-hybridized carbons (Fsp3) is 0.385. The molecule has 8 nitrogen and oxygen atoms in total. The number of hydrogen-bond donors (Lipinski definition) is 3. The molecule has 2 heterocycles. The summed E-state index contributed by atoms with van der Waals surface area (Å²) in [5.74, 6) is -0.166. The molecule has 0 saturated heterocycles. The van der Waals surface area contributed by atoms with E-state index in [1.807, 2.05) is 33.3 Å². The van der Waals surface area contributed by atoms with Crippen LogP contribution in [0.25, 0.3) is 0 Å². The van der Waals surface area contributed by atoms with Crippen molar-refractivity contribution in [1.82, 2.24) is 30.4 Å². The van der Waals surface area contributed by atoms with Crippen LogP contribution >= 0.6 is 12.2 Å². The maximum Gasteiger partial charge on any atom is 0.240 e. The van der Waals surface area contributed by atoms with E-state index in [1.165, 1.54) is 0 Å². The fourth-order valence-corrected chi connectivity index (χ4v) is 2.03. The van der Waals surface area contributed by atoms with Gasteiger partial charge in [0, 0.05) is 32.4 Å². The first-order valence-corrected chi connectivity index (χ1v) is 7.20. The molecule has 2 aromatic heterocycles. The lowest BCUT2D eigenvalue weighted by atomic mass is 10.4. The molecule has 0 aromatic carbocycles. The zero-order valence-electron chi connectivity index (χ0n) is 12.8. The van der Waals surface area contributed by atoms with Crippen LogP contribution in [0.1, 0.15) is 17.7 Å². The number of aromatic nitrogens is 4. The minimum absolute atomic E-state index is 0.166. The van der Waals surface area contributed by atoms with Gasteiger partial charge in [0.05, 0.1) is 17.6 Å². The maximum atomic E-state index is 11.7.